The molecule has 0 saturated heterocycles. The Bertz CT molecular complexity index is 2370. The molecule has 296 valence electrons. The van der Waals surface area contributed by atoms with Crippen LogP contribution in [0.4, 0.5) is 33.4 Å². The number of carbonyl (C=O) groups is 5. The molecule has 5 amide bonds. The van der Waals surface area contributed by atoms with Gasteiger partial charge < -0.3 is 24.1 Å². The second-order valence-electron chi connectivity index (χ2n) is 14.3. The van der Waals surface area contributed by atoms with E-state index in [0.29, 0.717) is 5.69 Å². The van der Waals surface area contributed by atoms with Crippen molar-refractivity contribution >= 4 is 63.9 Å². The first-order valence-electron chi connectivity index (χ1n) is 18.2. The van der Waals surface area contributed by atoms with Crippen LogP contribution in [0.15, 0.2) is 145 Å². The summed E-state index contributed by atoms with van der Waals surface area (Å²) in [5.74, 6) is -3.23. The first-order valence-corrected chi connectivity index (χ1v) is 18.2. The van der Waals surface area contributed by atoms with Crippen LogP contribution in [0.2, 0.25) is 0 Å². The second kappa shape index (κ2) is 16.4. The van der Waals surface area contributed by atoms with Crippen LogP contribution in [0, 0.1) is 0 Å². The Balaban J connectivity index is 1.49. The van der Waals surface area contributed by atoms with Gasteiger partial charge in [-0.1, -0.05) is 61.2 Å². The van der Waals surface area contributed by atoms with Crippen molar-refractivity contribution in [3.05, 3.63) is 156 Å². The number of aromatic nitrogens is 1. The van der Waals surface area contributed by atoms with Crippen molar-refractivity contribution in [1.82, 2.24) is 4.98 Å². The molecule has 2 aliphatic heterocycles. The lowest BCUT2D eigenvalue weighted by Crippen LogP contribution is -2.36. The molecule has 4 aromatic rings. The Morgan fingerprint density at radius 2 is 1.28 bits per heavy atom. The molecule has 13 heteroatoms. The zero-order valence-corrected chi connectivity index (χ0v) is 33.2. The summed E-state index contributed by atoms with van der Waals surface area (Å²) in [4.78, 5) is 75.7. The first kappa shape index (κ1) is 40.3. The SMILES string of the molecule is C=C(/C=C\C(C)=C(/c1ccccc1)c1ccc(N(C(=O)OC(C)(C)C)c2cc(N3C(=O)C=C(OC)C3=O)cc(N3C(=O)C=C(OC)C3=O)c2)[nH]1)N(C)c1ccccc1. The fraction of sp³-hybridized carbons (Fsp3) is 0.178. The number of nitrogens with one attached hydrogen (secondary N) is 1. The van der Waals surface area contributed by atoms with E-state index in [0.717, 1.165) is 50.0 Å². The molecular weight excluding hydrogens is 739 g/mol. The number of imide groups is 2. The largest absolute Gasteiger partial charge is 0.491 e. The highest BCUT2D eigenvalue weighted by Crippen LogP contribution is 2.39. The molecule has 13 nitrogen and oxygen atoms in total. The van der Waals surface area contributed by atoms with Crippen LogP contribution in [0.3, 0.4) is 0 Å². The smallest absolute Gasteiger partial charge is 0.420 e. The van der Waals surface area contributed by atoms with Gasteiger partial charge in [0.15, 0.2) is 11.5 Å². The number of benzene rings is 3. The maximum Gasteiger partial charge on any atom is 0.420 e. The molecule has 0 fully saturated rings. The molecule has 0 spiro atoms. The number of anilines is 5. The molecule has 0 radical (unpaired) electrons. The third kappa shape index (κ3) is 8.24. The van der Waals surface area contributed by atoms with Gasteiger partial charge in [0.2, 0.25) is 0 Å². The summed E-state index contributed by atoms with van der Waals surface area (Å²) in [5.41, 5.74) is 3.92. The number of carbonyl (C=O) groups excluding carboxylic acids is 5. The van der Waals surface area contributed by atoms with Crippen LogP contribution in [-0.2, 0) is 33.4 Å². The van der Waals surface area contributed by atoms with Crippen molar-refractivity contribution in [3.63, 3.8) is 0 Å². The highest BCUT2D eigenvalue weighted by atomic mass is 16.6. The van der Waals surface area contributed by atoms with Crippen LogP contribution in [0.25, 0.3) is 5.57 Å². The number of allylic oxidation sites excluding steroid dienone is 3. The van der Waals surface area contributed by atoms with Gasteiger partial charge in [-0.05, 0) is 87.4 Å². The van der Waals surface area contributed by atoms with E-state index >= 15 is 0 Å². The van der Waals surface area contributed by atoms with Crippen molar-refractivity contribution in [1.29, 1.82) is 0 Å². The molecule has 3 aromatic carbocycles. The fourth-order valence-corrected chi connectivity index (χ4v) is 6.39. The average Bonchev–Trinajstić information content (AvgIpc) is 3.87. The summed E-state index contributed by atoms with van der Waals surface area (Å²) in [5, 5.41) is 0. The summed E-state index contributed by atoms with van der Waals surface area (Å²) in [6, 6.07) is 27.2. The Kier molecular flexibility index (Phi) is 11.4. The molecule has 0 atom stereocenters. The number of para-hydroxylation sites is 1. The van der Waals surface area contributed by atoms with Gasteiger partial charge in [-0.2, -0.15) is 0 Å². The van der Waals surface area contributed by atoms with Crippen molar-refractivity contribution in [2.24, 2.45) is 0 Å². The average molecular weight is 782 g/mol. The minimum atomic E-state index is -0.965. The summed E-state index contributed by atoms with van der Waals surface area (Å²) < 4.78 is 16.1. The Morgan fingerprint density at radius 1 is 0.741 bits per heavy atom. The highest BCUT2D eigenvalue weighted by molar-refractivity contribution is 6.32. The van der Waals surface area contributed by atoms with Crippen LogP contribution in [0.1, 0.15) is 39.0 Å². The molecular formula is C45H43N5O8. The molecule has 2 aliphatic rings. The number of ether oxygens (including phenoxy) is 3. The zero-order valence-electron chi connectivity index (χ0n) is 33.2. The molecule has 1 N–H and O–H groups in total. The van der Waals surface area contributed by atoms with Gasteiger partial charge in [0, 0.05) is 29.7 Å². The minimum Gasteiger partial charge on any atom is -0.491 e. The number of nitrogens with zero attached hydrogens (tertiary/aromatic N) is 4. The van der Waals surface area contributed by atoms with Crippen molar-refractivity contribution < 1.29 is 38.2 Å². The topological polar surface area (TPSA) is 142 Å². The predicted molar refractivity (Wildman–Crippen MR) is 222 cm³/mol. The van der Waals surface area contributed by atoms with Gasteiger partial charge >= 0.3 is 17.9 Å². The number of hydrogen-bond donors (Lipinski definition) is 1. The lowest BCUT2D eigenvalue weighted by molar-refractivity contribution is -0.123. The molecule has 6 rings (SSSR count). The Morgan fingerprint density at radius 3 is 1.78 bits per heavy atom. The van der Waals surface area contributed by atoms with Gasteiger partial charge in [0.05, 0.1) is 43.4 Å². The van der Waals surface area contributed by atoms with E-state index in [9.17, 15) is 24.0 Å². The van der Waals surface area contributed by atoms with E-state index in [1.165, 1.54) is 37.3 Å². The number of rotatable bonds is 12. The number of hydrogen-bond acceptors (Lipinski definition) is 9. The maximum absolute atomic E-state index is 14.3. The summed E-state index contributed by atoms with van der Waals surface area (Å²) in [6.07, 6.45) is 5.10. The molecule has 1 aromatic heterocycles. The van der Waals surface area contributed by atoms with Gasteiger partial charge in [-0.15, -0.1) is 0 Å². The lowest BCUT2D eigenvalue weighted by Gasteiger charge is -2.28. The normalized spacial score (nSPS) is 14.7. The third-order valence-electron chi connectivity index (χ3n) is 9.19. The van der Waals surface area contributed by atoms with Crippen molar-refractivity contribution in [2.45, 2.75) is 33.3 Å². The van der Waals surface area contributed by atoms with Gasteiger partial charge in [-0.3, -0.25) is 19.2 Å². The van der Waals surface area contributed by atoms with E-state index in [1.807, 2.05) is 97.8 Å². The third-order valence-corrected chi connectivity index (χ3v) is 9.19. The Labute approximate surface area is 336 Å². The number of likely N-dealkylation sites (N-methyl/N-ethyl adjacent to an activating group) is 1. The molecule has 0 saturated carbocycles. The highest BCUT2D eigenvalue weighted by Gasteiger charge is 2.38. The van der Waals surface area contributed by atoms with Gasteiger partial charge in [0.25, 0.3) is 11.8 Å². The van der Waals surface area contributed by atoms with Crippen LogP contribution in [-0.4, -0.2) is 61.6 Å². The van der Waals surface area contributed by atoms with E-state index in [-0.39, 0.29) is 34.4 Å². The first-order chi connectivity index (χ1) is 27.6. The summed E-state index contributed by atoms with van der Waals surface area (Å²) in [7, 11) is 4.45. The molecule has 0 bridgehead atoms. The number of amides is 5. The van der Waals surface area contributed by atoms with Crippen LogP contribution in [0.5, 0.6) is 0 Å². The molecule has 0 aliphatic carbocycles. The number of aromatic amines is 1. The van der Waals surface area contributed by atoms with Gasteiger partial charge in [0.1, 0.15) is 11.4 Å². The maximum atomic E-state index is 14.3. The van der Waals surface area contributed by atoms with Crippen LogP contribution >= 0.6 is 0 Å². The van der Waals surface area contributed by atoms with E-state index in [4.69, 9.17) is 14.2 Å². The predicted octanol–water partition coefficient (Wildman–Crippen LogP) is 7.92. The van der Waals surface area contributed by atoms with E-state index < -0.39 is 35.3 Å². The van der Waals surface area contributed by atoms with E-state index in [1.54, 1.807) is 26.8 Å². The second-order valence-corrected chi connectivity index (χ2v) is 14.3. The number of H-pyrrole nitrogens is 1. The van der Waals surface area contributed by atoms with E-state index in [2.05, 4.69) is 11.6 Å². The van der Waals surface area contributed by atoms with Crippen molar-refractivity contribution in [2.75, 3.05) is 40.9 Å². The Hall–Kier alpha value is -7.41. The fourth-order valence-electron chi connectivity index (χ4n) is 6.39. The van der Waals surface area contributed by atoms with Crippen LogP contribution < -0.4 is 19.6 Å². The monoisotopic (exact) mass is 781 g/mol. The molecule has 3 heterocycles. The number of methoxy groups -OCH3 is 2. The minimum absolute atomic E-state index is 0.0511. The molecule has 58 heavy (non-hydrogen) atoms. The standard InChI is InChI=1S/C45H43N5O8/c1-28(19-20-29(2)47(6)31-17-13-10-14-18-31)41(30-15-11-9-12-16-30)35-21-22-38(46-35)48(44(55)58-45(3,4)5)32-23-33(49-39(51)26-36(56-7)42(49)53)25-34(24-32)50-40(52)27-37(57-8)43(50)54/h9-27,46H,2H2,1,3-8H3/b20-19-,41-28+. The van der Waals surface area contributed by atoms with Crippen molar-refractivity contribution in [3.8, 4) is 0 Å². The summed E-state index contributed by atoms with van der Waals surface area (Å²) >= 11 is 0. The lowest BCUT2D eigenvalue weighted by atomic mass is 9.97. The molecule has 0 unspecified atom stereocenters. The quantitative estimate of drug-likeness (QED) is 0.112. The van der Waals surface area contributed by atoms with Gasteiger partial charge in [-0.25, -0.2) is 19.5 Å². The zero-order chi connectivity index (χ0) is 41.9. The summed E-state index contributed by atoms with van der Waals surface area (Å²) in [6.45, 7) is 11.4.